The molecule has 0 aromatic heterocycles. The van der Waals surface area contributed by atoms with Crippen LogP contribution in [0.4, 0.5) is 5.69 Å². The average molecular weight is 372 g/mol. The van der Waals surface area contributed by atoms with Crippen molar-refractivity contribution in [1.82, 2.24) is 0 Å². The van der Waals surface area contributed by atoms with Crippen molar-refractivity contribution in [2.45, 2.75) is 18.2 Å². The molecule has 2 aromatic carbocycles. The number of aryl methyl sites for hydroxylation is 1. The number of nitrogens with one attached hydrogen (secondary N) is 1. The molecule has 1 amide bonds. The van der Waals surface area contributed by atoms with E-state index in [1.807, 2.05) is 6.92 Å². The molecule has 0 bridgehead atoms. The number of amides is 1. The number of anilines is 1. The summed E-state index contributed by atoms with van der Waals surface area (Å²) in [6.45, 7) is 1.81. The Morgan fingerprint density at radius 2 is 1.65 bits per heavy atom. The Morgan fingerprint density at radius 1 is 1.04 bits per heavy atom. The zero-order valence-corrected chi connectivity index (χ0v) is 14.7. The molecule has 122 valence electrons. The first-order valence-electron chi connectivity index (χ1n) is 6.82. The number of sulfone groups is 1. The number of rotatable bonds is 5. The number of carbonyl (C=O) groups is 1. The summed E-state index contributed by atoms with van der Waals surface area (Å²) in [5.41, 5.74) is 1.43. The monoisotopic (exact) mass is 371 g/mol. The zero-order valence-electron chi connectivity index (χ0n) is 12.3. The molecule has 0 saturated heterocycles. The van der Waals surface area contributed by atoms with E-state index in [4.69, 9.17) is 23.2 Å². The molecule has 0 aliphatic rings. The maximum atomic E-state index is 12.2. The van der Waals surface area contributed by atoms with Crippen molar-refractivity contribution in [3.63, 3.8) is 0 Å². The SMILES string of the molecule is Cc1cc(Cl)ccc1NC(=O)CCS(=O)(=O)c1ccc(Cl)cc1. The van der Waals surface area contributed by atoms with E-state index < -0.39 is 9.84 Å². The minimum Gasteiger partial charge on any atom is -0.326 e. The summed E-state index contributed by atoms with van der Waals surface area (Å²) in [6, 6.07) is 10.9. The van der Waals surface area contributed by atoms with Crippen LogP contribution in [0.2, 0.25) is 10.0 Å². The fraction of sp³-hybridized carbons (Fsp3) is 0.188. The van der Waals surface area contributed by atoms with Gasteiger partial charge in [-0.1, -0.05) is 23.2 Å². The van der Waals surface area contributed by atoms with Crippen molar-refractivity contribution >= 4 is 44.6 Å². The van der Waals surface area contributed by atoms with Crippen LogP contribution in [-0.4, -0.2) is 20.1 Å². The first-order valence-corrected chi connectivity index (χ1v) is 9.23. The molecule has 4 nitrogen and oxygen atoms in total. The molecule has 0 atom stereocenters. The minimum absolute atomic E-state index is 0.132. The topological polar surface area (TPSA) is 63.2 Å². The van der Waals surface area contributed by atoms with Crippen molar-refractivity contribution in [3.05, 3.63) is 58.1 Å². The van der Waals surface area contributed by atoms with Gasteiger partial charge in [0, 0.05) is 22.2 Å². The lowest BCUT2D eigenvalue weighted by atomic mass is 10.2. The molecular formula is C16H15Cl2NO3S. The van der Waals surface area contributed by atoms with Crippen LogP contribution >= 0.6 is 23.2 Å². The van der Waals surface area contributed by atoms with Crippen molar-refractivity contribution in [2.75, 3.05) is 11.1 Å². The zero-order chi connectivity index (χ0) is 17.0. The van der Waals surface area contributed by atoms with Crippen molar-refractivity contribution in [2.24, 2.45) is 0 Å². The highest BCUT2D eigenvalue weighted by molar-refractivity contribution is 7.91. The third-order valence-electron chi connectivity index (χ3n) is 3.23. The van der Waals surface area contributed by atoms with Gasteiger partial charge >= 0.3 is 0 Å². The Hall–Kier alpha value is -1.56. The molecule has 0 radical (unpaired) electrons. The summed E-state index contributed by atoms with van der Waals surface area (Å²) in [7, 11) is -3.52. The van der Waals surface area contributed by atoms with E-state index in [0.29, 0.717) is 15.7 Å². The lowest BCUT2D eigenvalue weighted by molar-refractivity contribution is -0.115. The maximum absolute atomic E-state index is 12.2. The lowest BCUT2D eigenvalue weighted by Gasteiger charge is -2.09. The number of carbonyl (C=O) groups excluding carboxylic acids is 1. The molecule has 0 saturated carbocycles. The third kappa shape index (κ3) is 4.96. The van der Waals surface area contributed by atoms with E-state index >= 15 is 0 Å². The van der Waals surface area contributed by atoms with Crippen molar-refractivity contribution in [3.8, 4) is 0 Å². The molecule has 23 heavy (non-hydrogen) atoms. The Kier molecular flexibility index (Phi) is 5.68. The second kappa shape index (κ2) is 7.34. The number of hydrogen-bond acceptors (Lipinski definition) is 3. The van der Waals surface area contributed by atoms with E-state index in [9.17, 15) is 13.2 Å². The summed E-state index contributed by atoms with van der Waals surface area (Å²) in [6.07, 6.45) is -0.132. The lowest BCUT2D eigenvalue weighted by Crippen LogP contribution is -2.17. The summed E-state index contributed by atoms with van der Waals surface area (Å²) in [5, 5.41) is 3.72. The van der Waals surface area contributed by atoms with Crippen LogP contribution in [0.15, 0.2) is 47.4 Å². The molecule has 0 fully saturated rings. The highest BCUT2D eigenvalue weighted by Crippen LogP contribution is 2.20. The Labute approximate surface area is 145 Å². The van der Waals surface area contributed by atoms with Crippen LogP contribution in [-0.2, 0) is 14.6 Å². The maximum Gasteiger partial charge on any atom is 0.225 e. The Balaban J connectivity index is 1.99. The van der Waals surface area contributed by atoms with Gasteiger partial charge in [-0.05, 0) is 55.0 Å². The van der Waals surface area contributed by atoms with Gasteiger partial charge in [0.05, 0.1) is 10.6 Å². The predicted molar refractivity (Wildman–Crippen MR) is 92.9 cm³/mol. The van der Waals surface area contributed by atoms with Gasteiger partial charge in [0.2, 0.25) is 5.91 Å². The smallest absolute Gasteiger partial charge is 0.225 e. The van der Waals surface area contributed by atoms with Crippen LogP contribution < -0.4 is 5.32 Å². The average Bonchev–Trinajstić information content (AvgIpc) is 2.49. The highest BCUT2D eigenvalue weighted by atomic mass is 35.5. The van der Waals surface area contributed by atoms with Gasteiger partial charge in [0.25, 0.3) is 0 Å². The fourth-order valence-electron chi connectivity index (χ4n) is 1.97. The molecule has 0 aliphatic heterocycles. The van der Waals surface area contributed by atoms with E-state index in [1.165, 1.54) is 24.3 Å². The van der Waals surface area contributed by atoms with Crippen LogP contribution in [0.5, 0.6) is 0 Å². The molecule has 7 heteroatoms. The number of halogens is 2. The van der Waals surface area contributed by atoms with Crippen LogP contribution in [0, 0.1) is 6.92 Å². The molecule has 0 heterocycles. The molecule has 0 spiro atoms. The van der Waals surface area contributed by atoms with Gasteiger partial charge in [-0.25, -0.2) is 8.42 Å². The van der Waals surface area contributed by atoms with Crippen LogP contribution in [0.3, 0.4) is 0 Å². The minimum atomic E-state index is -3.52. The second-order valence-electron chi connectivity index (χ2n) is 5.03. The summed E-state index contributed by atoms with van der Waals surface area (Å²) in [5.74, 6) is -0.638. The largest absolute Gasteiger partial charge is 0.326 e. The first kappa shape index (κ1) is 17.8. The van der Waals surface area contributed by atoms with E-state index in [2.05, 4.69) is 5.32 Å². The summed E-state index contributed by atoms with van der Waals surface area (Å²) in [4.78, 5) is 12.1. The third-order valence-corrected chi connectivity index (χ3v) is 5.45. The normalized spacial score (nSPS) is 11.3. The van der Waals surface area contributed by atoms with Crippen molar-refractivity contribution in [1.29, 1.82) is 0 Å². The van der Waals surface area contributed by atoms with Gasteiger partial charge in [0.1, 0.15) is 0 Å². The number of hydrogen-bond donors (Lipinski definition) is 1. The van der Waals surface area contributed by atoms with Gasteiger partial charge < -0.3 is 5.32 Å². The summed E-state index contributed by atoms with van der Waals surface area (Å²) < 4.78 is 24.3. The molecule has 2 rings (SSSR count). The Bertz CT molecular complexity index is 818. The standard InChI is InChI=1S/C16H15Cl2NO3S/c1-11-10-13(18)4-7-15(11)19-16(20)8-9-23(21,22)14-5-2-12(17)3-6-14/h2-7,10H,8-9H2,1H3,(H,19,20). The number of benzene rings is 2. The summed E-state index contributed by atoms with van der Waals surface area (Å²) >= 11 is 11.6. The molecule has 1 N–H and O–H groups in total. The molecule has 0 aliphatic carbocycles. The van der Waals surface area contributed by atoms with Gasteiger partial charge in [-0.2, -0.15) is 0 Å². The fourth-order valence-corrected chi connectivity index (χ4v) is 3.56. The quantitative estimate of drug-likeness (QED) is 0.859. The van der Waals surface area contributed by atoms with E-state index in [1.54, 1.807) is 18.2 Å². The predicted octanol–water partition coefficient (Wildman–Crippen LogP) is 4.10. The Morgan fingerprint density at radius 3 is 2.26 bits per heavy atom. The van der Waals surface area contributed by atoms with E-state index in [-0.39, 0.29) is 23.0 Å². The molecular weight excluding hydrogens is 357 g/mol. The van der Waals surface area contributed by atoms with E-state index in [0.717, 1.165) is 5.56 Å². The first-order chi connectivity index (χ1) is 10.8. The van der Waals surface area contributed by atoms with Gasteiger partial charge in [0.15, 0.2) is 9.84 Å². The van der Waals surface area contributed by atoms with Crippen LogP contribution in [0.1, 0.15) is 12.0 Å². The van der Waals surface area contributed by atoms with Gasteiger partial charge in [-0.3, -0.25) is 4.79 Å². The van der Waals surface area contributed by atoms with Crippen molar-refractivity contribution < 1.29 is 13.2 Å². The highest BCUT2D eigenvalue weighted by Gasteiger charge is 2.16. The molecule has 2 aromatic rings. The second-order valence-corrected chi connectivity index (χ2v) is 8.01. The van der Waals surface area contributed by atoms with Crippen LogP contribution in [0.25, 0.3) is 0 Å². The van der Waals surface area contributed by atoms with Gasteiger partial charge in [-0.15, -0.1) is 0 Å². The molecule has 0 unspecified atom stereocenters.